The van der Waals surface area contributed by atoms with Crippen molar-refractivity contribution in [3.63, 3.8) is 0 Å². The zero-order chi connectivity index (χ0) is 15.4. The van der Waals surface area contributed by atoms with Crippen molar-refractivity contribution < 1.29 is 4.79 Å². The summed E-state index contributed by atoms with van der Waals surface area (Å²) in [5.74, 6) is 1.88. The predicted molar refractivity (Wildman–Crippen MR) is 84.8 cm³/mol. The number of likely N-dealkylation sites (tertiary alicyclic amines) is 1. The van der Waals surface area contributed by atoms with Crippen molar-refractivity contribution >= 4 is 23.3 Å². The molecule has 1 fully saturated rings. The van der Waals surface area contributed by atoms with Gasteiger partial charge in [0.1, 0.15) is 16.8 Å². The van der Waals surface area contributed by atoms with Crippen LogP contribution in [0.3, 0.4) is 0 Å². The monoisotopic (exact) mass is 310 g/mol. The van der Waals surface area contributed by atoms with Crippen molar-refractivity contribution in [2.24, 2.45) is 0 Å². The first-order chi connectivity index (χ1) is 9.99. The maximum atomic E-state index is 12.0. The molecule has 0 bridgehead atoms. The summed E-state index contributed by atoms with van der Waals surface area (Å²) in [6, 6.07) is 0. The van der Waals surface area contributed by atoms with Gasteiger partial charge in [0.25, 0.3) is 0 Å². The standard InChI is InChI=1S/C15H23ClN4O/c1-10(2)14-18-13(16)11(3)15(19-14)17-7-6-12(21)20-8-4-5-9-20/h10H,4-9H2,1-3H3,(H,17,18,19). The Balaban J connectivity index is 1.94. The number of nitrogens with one attached hydrogen (secondary N) is 1. The van der Waals surface area contributed by atoms with Crippen LogP contribution in [0.2, 0.25) is 5.15 Å². The van der Waals surface area contributed by atoms with E-state index in [1.807, 2.05) is 25.7 Å². The van der Waals surface area contributed by atoms with Gasteiger partial charge >= 0.3 is 0 Å². The Hall–Kier alpha value is -1.36. The average molecular weight is 311 g/mol. The van der Waals surface area contributed by atoms with Gasteiger partial charge in [-0.05, 0) is 19.8 Å². The van der Waals surface area contributed by atoms with E-state index >= 15 is 0 Å². The topological polar surface area (TPSA) is 58.1 Å². The first-order valence-electron chi connectivity index (χ1n) is 7.54. The quantitative estimate of drug-likeness (QED) is 0.849. The number of rotatable bonds is 5. The Morgan fingerprint density at radius 2 is 2.00 bits per heavy atom. The maximum Gasteiger partial charge on any atom is 0.224 e. The molecular formula is C15H23ClN4O. The zero-order valence-corrected chi connectivity index (χ0v) is 13.7. The van der Waals surface area contributed by atoms with Crippen molar-refractivity contribution in [1.29, 1.82) is 0 Å². The summed E-state index contributed by atoms with van der Waals surface area (Å²) < 4.78 is 0. The van der Waals surface area contributed by atoms with Gasteiger partial charge in [-0.15, -0.1) is 0 Å². The molecule has 2 rings (SSSR count). The van der Waals surface area contributed by atoms with Crippen molar-refractivity contribution in [2.45, 2.75) is 46.0 Å². The van der Waals surface area contributed by atoms with Gasteiger partial charge in [-0.25, -0.2) is 9.97 Å². The van der Waals surface area contributed by atoms with Crippen LogP contribution in [0.4, 0.5) is 5.82 Å². The van der Waals surface area contributed by atoms with Gasteiger partial charge in [0.05, 0.1) is 0 Å². The molecule has 1 amide bonds. The molecule has 1 N–H and O–H groups in total. The van der Waals surface area contributed by atoms with Crippen molar-refractivity contribution in [3.05, 3.63) is 16.5 Å². The number of hydrogen-bond acceptors (Lipinski definition) is 4. The number of anilines is 1. The summed E-state index contributed by atoms with van der Waals surface area (Å²) in [5.41, 5.74) is 0.828. The molecule has 0 aliphatic carbocycles. The molecule has 6 heteroatoms. The molecule has 0 atom stereocenters. The van der Waals surface area contributed by atoms with Crippen LogP contribution in [0.5, 0.6) is 0 Å². The Labute approximate surface area is 131 Å². The lowest BCUT2D eigenvalue weighted by Crippen LogP contribution is -2.29. The first-order valence-corrected chi connectivity index (χ1v) is 7.92. The highest BCUT2D eigenvalue weighted by Gasteiger charge is 2.17. The summed E-state index contributed by atoms with van der Waals surface area (Å²) >= 11 is 6.14. The zero-order valence-electron chi connectivity index (χ0n) is 12.9. The largest absolute Gasteiger partial charge is 0.369 e. The minimum absolute atomic E-state index is 0.210. The maximum absolute atomic E-state index is 12.0. The van der Waals surface area contributed by atoms with E-state index < -0.39 is 0 Å². The van der Waals surface area contributed by atoms with Crippen LogP contribution in [-0.2, 0) is 4.79 Å². The number of amides is 1. The Bertz CT molecular complexity index is 513. The molecule has 0 spiro atoms. The fourth-order valence-electron chi connectivity index (χ4n) is 2.35. The fourth-order valence-corrected chi connectivity index (χ4v) is 2.52. The molecule has 1 aromatic rings. The lowest BCUT2D eigenvalue weighted by atomic mass is 10.2. The van der Waals surface area contributed by atoms with E-state index in [1.54, 1.807) is 0 Å². The molecule has 1 aliphatic rings. The number of carbonyl (C=O) groups is 1. The normalized spacial score (nSPS) is 14.8. The number of nitrogens with zero attached hydrogens (tertiary/aromatic N) is 3. The second-order valence-electron chi connectivity index (χ2n) is 5.77. The minimum Gasteiger partial charge on any atom is -0.369 e. The smallest absolute Gasteiger partial charge is 0.224 e. The number of aromatic nitrogens is 2. The van der Waals surface area contributed by atoms with E-state index in [-0.39, 0.29) is 11.8 Å². The second-order valence-corrected chi connectivity index (χ2v) is 6.12. The Kier molecular flexibility index (Phi) is 5.39. The highest BCUT2D eigenvalue weighted by molar-refractivity contribution is 6.30. The summed E-state index contributed by atoms with van der Waals surface area (Å²) in [6.45, 7) is 8.31. The van der Waals surface area contributed by atoms with E-state index in [1.165, 1.54) is 0 Å². The van der Waals surface area contributed by atoms with Crippen LogP contribution in [0.1, 0.15) is 50.4 Å². The summed E-state index contributed by atoms with van der Waals surface area (Å²) in [4.78, 5) is 22.7. The molecular weight excluding hydrogens is 288 g/mol. The summed E-state index contributed by atoms with van der Waals surface area (Å²) in [7, 11) is 0. The predicted octanol–water partition coefficient (Wildman–Crippen LogP) is 2.99. The van der Waals surface area contributed by atoms with Crippen molar-refractivity contribution in [3.8, 4) is 0 Å². The molecule has 1 aliphatic heterocycles. The van der Waals surface area contributed by atoms with Crippen molar-refractivity contribution in [2.75, 3.05) is 25.0 Å². The van der Waals surface area contributed by atoms with E-state index in [0.29, 0.717) is 18.1 Å². The van der Waals surface area contributed by atoms with Gasteiger partial charge in [0.2, 0.25) is 5.91 Å². The van der Waals surface area contributed by atoms with Crippen LogP contribution in [0.25, 0.3) is 0 Å². The van der Waals surface area contributed by atoms with Gasteiger partial charge in [-0.1, -0.05) is 25.4 Å². The van der Waals surface area contributed by atoms with Gasteiger partial charge < -0.3 is 10.2 Å². The van der Waals surface area contributed by atoms with Gasteiger partial charge in [-0.3, -0.25) is 4.79 Å². The summed E-state index contributed by atoms with van der Waals surface area (Å²) in [6.07, 6.45) is 2.73. The third kappa shape index (κ3) is 4.06. The lowest BCUT2D eigenvalue weighted by Gasteiger charge is -2.16. The average Bonchev–Trinajstić information content (AvgIpc) is 2.97. The van der Waals surface area contributed by atoms with Gasteiger partial charge in [0.15, 0.2) is 0 Å². The molecule has 0 saturated carbocycles. The van der Waals surface area contributed by atoms with Gasteiger partial charge in [0, 0.05) is 37.5 Å². The van der Waals surface area contributed by atoms with Crippen LogP contribution >= 0.6 is 11.6 Å². The molecule has 1 saturated heterocycles. The van der Waals surface area contributed by atoms with E-state index in [2.05, 4.69) is 15.3 Å². The number of hydrogen-bond donors (Lipinski definition) is 1. The van der Waals surface area contributed by atoms with Gasteiger partial charge in [-0.2, -0.15) is 0 Å². The van der Waals surface area contributed by atoms with Crippen LogP contribution in [0, 0.1) is 6.92 Å². The molecule has 2 heterocycles. The molecule has 0 unspecified atom stereocenters. The van der Waals surface area contributed by atoms with Crippen LogP contribution in [0.15, 0.2) is 0 Å². The lowest BCUT2D eigenvalue weighted by molar-refractivity contribution is -0.129. The minimum atomic E-state index is 0.210. The Morgan fingerprint density at radius 3 is 2.62 bits per heavy atom. The Morgan fingerprint density at radius 1 is 1.33 bits per heavy atom. The molecule has 0 aromatic carbocycles. The van der Waals surface area contributed by atoms with E-state index in [4.69, 9.17) is 11.6 Å². The SMILES string of the molecule is Cc1c(Cl)nc(C(C)C)nc1NCCC(=O)N1CCCC1. The van der Waals surface area contributed by atoms with E-state index in [9.17, 15) is 4.79 Å². The third-order valence-corrected chi connectivity index (χ3v) is 4.08. The molecule has 5 nitrogen and oxygen atoms in total. The molecule has 116 valence electrons. The molecule has 1 aromatic heterocycles. The summed E-state index contributed by atoms with van der Waals surface area (Å²) in [5, 5.41) is 3.69. The highest BCUT2D eigenvalue weighted by atomic mass is 35.5. The number of carbonyl (C=O) groups excluding carboxylic acids is 1. The van der Waals surface area contributed by atoms with Crippen LogP contribution in [-0.4, -0.2) is 40.4 Å². The molecule has 21 heavy (non-hydrogen) atoms. The third-order valence-electron chi connectivity index (χ3n) is 3.71. The second kappa shape index (κ2) is 7.07. The van der Waals surface area contributed by atoms with E-state index in [0.717, 1.165) is 43.1 Å². The van der Waals surface area contributed by atoms with Crippen LogP contribution < -0.4 is 5.32 Å². The number of halogens is 1. The molecule has 0 radical (unpaired) electrons. The highest BCUT2D eigenvalue weighted by Crippen LogP contribution is 2.22. The first kappa shape index (κ1) is 16.0. The fraction of sp³-hybridized carbons (Fsp3) is 0.667. The van der Waals surface area contributed by atoms with Crippen molar-refractivity contribution in [1.82, 2.24) is 14.9 Å².